The van der Waals surface area contributed by atoms with E-state index < -0.39 is 0 Å². The number of ketones is 1. The van der Waals surface area contributed by atoms with E-state index in [1.807, 2.05) is 10.9 Å². The molecule has 1 aromatic rings. The van der Waals surface area contributed by atoms with Crippen LogP contribution in [0.2, 0.25) is 0 Å². The highest BCUT2D eigenvalue weighted by molar-refractivity contribution is 7.98. The van der Waals surface area contributed by atoms with Gasteiger partial charge in [0.25, 0.3) is 0 Å². The van der Waals surface area contributed by atoms with Crippen LogP contribution in [-0.2, 0) is 11.3 Å². The van der Waals surface area contributed by atoms with Crippen molar-refractivity contribution in [2.24, 2.45) is 0 Å². The normalized spacial score (nSPS) is 12.7. The zero-order chi connectivity index (χ0) is 11.3. The van der Waals surface area contributed by atoms with Crippen molar-refractivity contribution in [1.29, 1.82) is 0 Å². The van der Waals surface area contributed by atoms with Crippen molar-refractivity contribution in [1.82, 2.24) is 15.0 Å². The molecule has 0 aliphatic rings. The lowest BCUT2D eigenvalue weighted by molar-refractivity contribution is -0.117. The Morgan fingerprint density at radius 2 is 2.40 bits per heavy atom. The van der Waals surface area contributed by atoms with Gasteiger partial charge in [-0.3, -0.25) is 4.68 Å². The van der Waals surface area contributed by atoms with E-state index in [1.165, 1.54) is 0 Å². The highest BCUT2D eigenvalue weighted by Crippen LogP contribution is 2.22. The SMILES string of the molecule is CSC(C)c1cn(CCCC(C)=O)nn1. The average molecular weight is 227 g/mol. The van der Waals surface area contributed by atoms with E-state index in [9.17, 15) is 4.79 Å². The van der Waals surface area contributed by atoms with Gasteiger partial charge in [0.1, 0.15) is 5.78 Å². The fourth-order valence-corrected chi connectivity index (χ4v) is 1.57. The van der Waals surface area contributed by atoms with Gasteiger partial charge in [-0.1, -0.05) is 5.21 Å². The minimum Gasteiger partial charge on any atom is -0.300 e. The Morgan fingerprint density at radius 1 is 1.67 bits per heavy atom. The smallest absolute Gasteiger partial charge is 0.129 e. The molecule has 0 saturated heterocycles. The lowest BCUT2D eigenvalue weighted by Crippen LogP contribution is -2.01. The van der Waals surface area contributed by atoms with Crippen LogP contribution in [-0.4, -0.2) is 27.0 Å². The minimum atomic E-state index is 0.229. The Bertz CT molecular complexity index is 324. The average Bonchev–Trinajstić information content (AvgIpc) is 2.65. The molecule has 1 rings (SSSR count). The Balaban J connectivity index is 2.42. The summed E-state index contributed by atoms with van der Waals surface area (Å²) >= 11 is 1.75. The summed E-state index contributed by atoms with van der Waals surface area (Å²) in [6.07, 6.45) is 5.47. The highest BCUT2D eigenvalue weighted by Gasteiger charge is 2.08. The molecule has 0 aliphatic carbocycles. The topological polar surface area (TPSA) is 47.8 Å². The summed E-state index contributed by atoms with van der Waals surface area (Å²) in [6, 6.07) is 0. The molecule has 5 heteroatoms. The van der Waals surface area contributed by atoms with E-state index in [4.69, 9.17) is 0 Å². The summed E-state index contributed by atoms with van der Waals surface area (Å²) in [7, 11) is 0. The molecule has 4 nitrogen and oxygen atoms in total. The van der Waals surface area contributed by atoms with Gasteiger partial charge >= 0.3 is 0 Å². The first-order chi connectivity index (χ1) is 7.13. The molecule has 0 aromatic carbocycles. The number of aromatic nitrogens is 3. The number of aryl methyl sites for hydroxylation is 1. The monoisotopic (exact) mass is 227 g/mol. The third kappa shape index (κ3) is 4.03. The van der Waals surface area contributed by atoms with E-state index >= 15 is 0 Å². The summed E-state index contributed by atoms with van der Waals surface area (Å²) in [6.45, 7) is 4.49. The molecule has 1 atom stereocenters. The van der Waals surface area contributed by atoms with E-state index in [1.54, 1.807) is 18.7 Å². The fraction of sp³-hybridized carbons (Fsp3) is 0.700. The number of nitrogens with zero attached hydrogens (tertiary/aromatic N) is 3. The zero-order valence-corrected chi connectivity index (χ0v) is 10.3. The van der Waals surface area contributed by atoms with Crippen molar-refractivity contribution >= 4 is 17.5 Å². The summed E-state index contributed by atoms with van der Waals surface area (Å²) in [4.78, 5) is 10.7. The maximum atomic E-state index is 10.7. The Morgan fingerprint density at radius 3 is 3.00 bits per heavy atom. The van der Waals surface area contributed by atoms with Crippen LogP contribution in [0.3, 0.4) is 0 Å². The summed E-state index contributed by atoms with van der Waals surface area (Å²) in [5.41, 5.74) is 1.00. The van der Waals surface area contributed by atoms with Gasteiger partial charge in [-0.25, -0.2) is 0 Å². The molecule has 84 valence electrons. The number of thioether (sulfide) groups is 1. The molecule has 0 spiro atoms. The van der Waals surface area contributed by atoms with Crippen LogP contribution in [0, 0.1) is 0 Å². The van der Waals surface area contributed by atoms with Gasteiger partial charge in [0.2, 0.25) is 0 Å². The third-order valence-corrected chi connectivity index (χ3v) is 3.19. The quantitative estimate of drug-likeness (QED) is 0.746. The van der Waals surface area contributed by atoms with Crippen LogP contribution >= 0.6 is 11.8 Å². The van der Waals surface area contributed by atoms with Crippen LogP contribution in [0.1, 0.15) is 37.6 Å². The van der Waals surface area contributed by atoms with Crippen molar-refractivity contribution in [3.8, 4) is 0 Å². The number of rotatable bonds is 6. The molecule has 0 saturated carbocycles. The number of hydrogen-bond donors (Lipinski definition) is 0. The molecular weight excluding hydrogens is 210 g/mol. The van der Waals surface area contributed by atoms with Crippen LogP contribution in [0.4, 0.5) is 0 Å². The lowest BCUT2D eigenvalue weighted by Gasteiger charge is -2.01. The van der Waals surface area contributed by atoms with Crippen LogP contribution < -0.4 is 0 Å². The largest absolute Gasteiger partial charge is 0.300 e. The van der Waals surface area contributed by atoms with E-state index in [2.05, 4.69) is 23.5 Å². The lowest BCUT2D eigenvalue weighted by atomic mass is 10.2. The van der Waals surface area contributed by atoms with Gasteiger partial charge in [0.15, 0.2) is 0 Å². The highest BCUT2D eigenvalue weighted by atomic mass is 32.2. The molecule has 0 N–H and O–H groups in total. The standard InChI is InChI=1S/C10H17N3OS/c1-8(14)5-4-6-13-7-10(11-12-13)9(2)15-3/h7,9H,4-6H2,1-3H3. The van der Waals surface area contributed by atoms with E-state index in [0.29, 0.717) is 11.7 Å². The molecule has 0 aliphatic heterocycles. The minimum absolute atomic E-state index is 0.229. The van der Waals surface area contributed by atoms with Gasteiger partial charge in [-0.15, -0.1) is 5.10 Å². The number of Topliss-reactive ketones (excluding diaryl/α,β-unsaturated/α-hetero) is 1. The predicted molar refractivity (Wildman–Crippen MR) is 61.9 cm³/mol. The Labute approximate surface area is 94.4 Å². The maximum Gasteiger partial charge on any atom is 0.129 e. The van der Waals surface area contributed by atoms with Gasteiger partial charge in [0, 0.05) is 24.4 Å². The van der Waals surface area contributed by atoms with Gasteiger partial charge < -0.3 is 4.79 Å². The van der Waals surface area contributed by atoms with Crippen LogP contribution in [0.5, 0.6) is 0 Å². The van der Waals surface area contributed by atoms with Crippen molar-refractivity contribution in [3.05, 3.63) is 11.9 Å². The number of hydrogen-bond acceptors (Lipinski definition) is 4. The Kier molecular flexibility index (Phi) is 4.81. The first-order valence-electron chi connectivity index (χ1n) is 5.05. The van der Waals surface area contributed by atoms with Gasteiger partial charge in [0.05, 0.1) is 5.69 Å². The van der Waals surface area contributed by atoms with Crippen LogP contribution in [0.25, 0.3) is 0 Å². The molecular formula is C10H17N3OS. The van der Waals surface area contributed by atoms with Gasteiger partial charge in [-0.2, -0.15) is 11.8 Å². The first-order valence-corrected chi connectivity index (χ1v) is 6.34. The summed E-state index contributed by atoms with van der Waals surface area (Å²) in [5, 5.41) is 8.50. The second kappa shape index (κ2) is 5.90. The molecule has 1 heterocycles. The molecule has 0 radical (unpaired) electrons. The summed E-state index contributed by atoms with van der Waals surface area (Å²) in [5.74, 6) is 0.229. The van der Waals surface area contributed by atoms with E-state index in [0.717, 1.165) is 18.7 Å². The third-order valence-electron chi connectivity index (χ3n) is 2.24. The molecule has 0 fully saturated rings. The molecule has 0 bridgehead atoms. The van der Waals surface area contributed by atoms with Crippen molar-refractivity contribution in [2.45, 2.75) is 38.5 Å². The van der Waals surface area contributed by atoms with Crippen molar-refractivity contribution in [2.75, 3.05) is 6.26 Å². The first kappa shape index (κ1) is 12.2. The second-order valence-corrected chi connectivity index (χ2v) is 4.77. The summed E-state index contributed by atoms with van der Waals surface area (Å²) < 4.78 is 1.81. The van der Waals surface area contributed by atoms with E-state index in [-0.39, 0.29) is 5.78 Å². The molecule has 15 heavy (non-hydrogen) atoms. The molecule has 1 unspecified atom stereocenters. The van der Waals surface area contributed by atoms with Crippen molar-refractivity contribution in [3.63, 3.8) is 0 Å². The Hall–Kier alpha value is -0.840. The van der Waals surface area contributed by atoms with Gasteiger partial charge in [-0.05, 0) is 26.5 Å². The predicted octanol–water partition coefficient (Wildman–Crippen LogP) is 2.07. The van der Waals surface area contributed by atoms with Crippen molar-refractivity contribution < 1.29 is 4.79 Å². The molecule has 0 amide bonds. The molecule has 1 aromatic heterocycles. The second-order valence-electron chi connectivity index (χ2n) is 3.59. The zero-order valence-electron chi connectivity index (χ0n) is 9.43. The number of carbonyl (C=O) groups excluding carboxylic acids is 1. The fourth-order valence-electron chi connectivity index (χ4n) is 1.22. The van der Waals surface area contributed by atoms with Crippen LogP contribution in [0.15, 0.2) is 6.20 Å². The number of carbonyl (C=O) groups is 1. The maximum absolute atomic E-state index is 10.7.